The molecule has 3 aromatic heterocycles. The summed E-state index contributed by atoms with van der Waals surface area (Å²) in [5.74, 6) is 1.04. The van der Waals surface area contributed by atoms with E-state index < -0.39 is 0 Å². The van der Waals surface area contributed by atoms with Gasteiger partial charge in [0.15, 0.2) is 0 Å². The van der Waals surface area contributed by atoms with Gasteiger partial charge in [-0.1, -0.05) is 0 Å². The van der Waals surface area contributed by atoms with Gasteiger partial charge in [-0.25, -0.2) is 14.5 Å². The maximum atomic E-state index is 12.9. The van der Waals surface area contributed by atoms with E-state index in [1.54, 1.807) is 43.9 Å². The number of fused-ring (bicyclic) bond motifs is 3. The third kappa shape index (κ3) is 3.23. The van der Waals surface area contributed by atoms with Crippen LogP contribution in [0.3, 0.4) is 0 Å². The van der Waals surface area contributed by atoms with Crippen molar-refractivity contribution < 1.29 is 14.3 Å². The van der Waals surface area contributed by atoms with Gasteiger partial charge in [-0.3, -0.25) is 9.59 Å². The maximum absolute atomic E-state index is 12.9. The van der Waals surface area contributed by atoms with Crippen molar-refractivity contribution in [2.75, 3.05) is 20.2 Å². The number of ether oxygens (including phenoxy) is 1. The Morgan fingerprint density at radius 1 is 1.17 bits per heavy atom. The zero-order chi connectivity index (χ0) is 20.7. The van der Waals surface area contributed by atoms with Crippen molar-refractivity contribution in [1.82, 2.24) is 34.8 Å². The number of pyridine rings is 1. The number of amides is 2. The highest BCUT2D eigenvalue weighted by Crippen LogP contribution is 2.37. The first-order valence-corrected chi connectivity index (χ1v) is 9.90. The molecule has 1 aliphatic carbocycles. The van der Waals surface area contributed by atoms with Crippen LogP contribution in [0.1, 0.15) is 33.8 Å². The van der Waals surface area contributed by atoms with Crippen LogP contribution in [0.5, 0.6) is 5.88 Å². The molecule has 10 nitrogen and oxygen atoms in total. The predicted molar refractivity (Wildman–Crippen MR) is 105 cm³/mol. The van der Waals surface area contributed by atoms with Crippen LogP contribution in [0, 0.1) is 11.8 Å². The van der Waals surface area contributed by atoms with Crippen LogP contribution in [0.4, 0.5) is 0 Å². The quantitative estimate of drug-likeness (QED) is 0.680. The highest BCUT2D eigenvalue weighted by Gasteiger charge is 2.44. The minimum atomic E-state index is -0.304. The Labute approximate surface area is 172 Å². The Morgan fingerprint density at radius 2 is 1.97 bits per heavy atom. The lowest BCUT2D eigenvalue weighted by Crippen LogP contribution is -2.54. The average Bonchev–Trinajstić information content (AvgIpc) is 3.30. The first kappa shape index (κ1) is 18.5. The molecule has 10 heteroatoms. The number of likely N-dealkylation sites (tertiary alicyclic amines) is 1. The SMILES string of the molecule is COc1ccc(C(=O)N2C[C@H]3CC[C@@H](C2)C3NC(=O)c2nc3ncccn3n2)cn1. The number of rotatable bonds is 4. The van der Waals surface area contributed by atoms with E-state index in [1.807, 2.05) is 4.90 Å². The Balaban J connectivity index is 1.27. The van der Waals surface area contributed by atoms with E-state index in [9.17, 15) is 9.59 Å². The fourth-order valence-electron chi connectivity index (χ4n) is 4.48. The summed E-state index contributed by atoms with van der Waals surface area (Å²) < 4.78 is 6.53. The molecule has 1 saturated heterocycles. The smallest absolute Gasteiger partial charge is 0.291 e. The molecule has 2 aliphatic rings. The predicted octanol–water partition coefficient (Wildman–Crippen LogP) is 0.808. The largest absolute Gasteiger partial charge is 0.481 e. The molecule has 5 rings (SSSR count). The van der Waals surface area contributed by atoms with Gasteiger partial charge < -0.3 is 15.0 Å². The molecule has 2 amide bonds. The average molecular weight is 407 g/mol. The van der Waals surface area contributed by atoms with Gasteiger partial charge in [-0.2, -0.15) is 4.98 Å². The number of hydrogen-bond donors (Lipinski definition) is 1. The van der Waals surface area contributed by atoms with Gasteiger partial charge in [0.05, 0.1) is 12.7 Å². The summed E-state index contributed by atoms with van der Waals surface area (Å²) in [5.41, 5.74) is 0.541. The number of hydrogen-bond acceptors (Lipinski definition) is 7. The van der Waals surface area contributed by atoms with Gasteiger partial charge in [-0.05, 0) is 36.8 Å². The number of piperidine rings is 1. The molecule has 0 radical (unpaired) electrons. The highest BCUT2D eigenvalue weighted by atomic mass is 16.5. The van der Waals surface area contributed by atoms with E-state index in [0.717, 1.165) is 12.8 Å². The minimum absolute atomic E-state index is 0.00936. The van der Waals surface area contributed by atoms with Crippen molar-refractivity contribution in [1.29, 1.82) is 0 Å². The highest BCUT2D eigenvalue weighted by molar-refractivity contribution is 5.94. The van der Waals surface area contributed by atoms with E-state index >= 15 is 0 Å². The van der Waals surface area contributed by atoms with Crippen molar-refractivity contribution in [3.05, 3.63) is 48.2 Å². The summed E-state index contributed by atoms with van der Waals surface area (Å²) >= 11 is 0. The molecular formula is C20H21N7O3. The Bertz CT molecular complexity index is 1050. The first-order valence-electron chi connectivity index (χ1n) is 9.90. The molecule has 1 saturated carbocycles. The summed E-state index contributed by atoms with van der Waals surface area (Å²) in [5, 5.41) is 7.30. The molecule has 1 unspecified atom stereocenters. The topological polar surface area (TPSA) is 115 Å². The van der Waals surface area contributed by atoms with Crippen molar-refractivity contribution in [3.63, 3.8) is 0 Å². The molecule has 2 fully saturated rings. The minimum Gasteiger partial charge on any atom is -0.481 e. The number of nitrogens with zero attached hydrogens (tertiary/aromatic N) is 6. The molecule has 1 N–H and O–H groups in total. The second kappa shape index (κ2) is 7.36. The number of methoxy groups -OCH3 is 1. The van der Waals surface area contributed by atoms with Crippen molar-refractivity contribution in [3.8, 4) is 5.88 Å². The normalized spacial score (nSPS) is 22.8. The van der Waals surface area contributed by atoms with E-state index in [0.29, 0.717) is 30.3 Å². The summed E-state index contributed by atoms with van der Waals surface area (Å²) in [7, 11) is 1.54. The Kier molecular flexibility index (Phi) is 4.53. The molecule has 2 bridgehead atoms. The standard InChI is InChI=1S/C20H21N7O3/c1-30-15-6-5-12(9-22-15)19(29)26-10-13-3-4-14(11-26)16(13)23-18(28)17-24-20-21-7-2-8-27(20)25-17/h2,5-9,13-14,16H,3-4,10-11H2,1H3,(H,23,28)/t13-,14+,16?. The van der Waals surface area contributed by atoms with Gasteiger partial charge in [0.2, 0.25) is 11.7 Å². The molecule has 3 atom stereocenters. The first-order chi connectivity index (χ1) is 14.6. The van der Waals surface area contributed by atoms with Crippen molar-refractivity contribution in [2.24, 2.45) is 11.8 Å². The van der Waals surface area contributed by atoms with Gasteiger partial charge in [0, 0.05) is 43.8 Å². The number of carbonyl (C=O) groups is 2. The van der Waals surface area contributed by atoms with E-state index in [4.69, 9.17) is 4.74 Å². The van der Waals surface area contributed by atoms with Crippen LogP contribution in [0.15, 0.2) is 36.8 Å². The number of carbonyl (C=O) groups excluding carboxylic acids is 2. The molecular weight excluding hydrogens is 386 g/mol. The van der Waals surface area contributed by atoms with Gasteiger partial charge in [-0.15, -0.1) is 5.10 Å². The number of nitrogens with one attached hydrogen (secondary N) is 1. The van der Waals surface area contributed by atoms with Crippen molar-refractivity contribution in [2.45, 2.75) is 18.9 Å². The van der Waals surface area contributed by atoms with Crippen LogP contribution in [0.2, 0.25) is 0 Å². The van der Waals surface area contributed by atoms with Gasteiger partial charge >= 0.3 is 0 Å². The molecule has 30 heavy (non-hydrogen) atoms. The third-order valence-electron chi connectivity index (χ3n) is 5.93. The van der Waals surface area contributed by atoms with Gasteiger partial charge in [0.25, 0.3) is 17.6 Å². The fourth-order valence-corrected chi connectivity index (χ4v) is 4.48. The lowest BCUT2D eigenvalue weighted by Gasteiger charge is -2.38. The summed E-state index contributed by atoms with van der Waals surface area (Å²) in [6.45, 7) is 1.21. The van der Waals surface area contributed by atoms with E-state index in [2.05, 4.69) is 25.4 Å². The van der Waals surface area contributed by atoms with Crippen LogP contribution in [-0.2, 0) is 0 Å². The number of aromatic nitrogens is 5. The summed E-state index contributed by atoms with van der Waals surface area (Å²) in [6.07, 6.45) is 6.80. The van der Waals surface area contributed by atoms with Crippen molar-refractivity contribution >= 4 is 17.6 Å². The zero-order valence-electron chi connectivity index (χ0n) is 16.4. The van der Waals surface area contributed by atoms with Gasteiger partial charge in [0.1, 0.15) is 0 Å². The molecule has 3 aromatic rings. The molecule has 4 heterocycles. The van der Waals surface area contributed by atoms with Crippen LogP contribution >= 0.6 is 0 Å². The fraction of sp³-hybridized carbons (Fsp3) is 0.400. The lowest BCUT2D eigenvalue weighted by atomic mass is 9.91. The summed E-state index contributed by atoms with van der Waals surface area (Å²) in [4.78, 5) is 39.9. The zero-order valence-corrected chi connectivity index (χ0v) is 16.4. The van der Waals surface area contributed by atoms with Crippen LogP contribution in [0.25, 0.3) is 5.78 Å². The molecule has 0 aromatic carbocycles. The monoisotopic (exact) mass is 407 g/mol. The Morgan fingerprint density at radius 3 is 2.63 bits per heavy atom. The van der Waals surface area contributed by atoms with Crippen LogP contribution < -0.4 is 10.1 Å². The molecule has 154 valence electrons. The maximum Gasteiger partial charge on any atom is 0.291 e. The third-order valence-corrected chi connectivity index (χ3v) is 5.93. The second-order valence-corrected chi connectivity index (χ2v) is 7.70. The second-order valence-electron chi connectivity index (χ2n) is 7.70. The lowest BCUT2D eigenvalue weighted by molar-refractivity contribution is 0.0596. The van der Waals surface area contributed by atoms with Crippen LogP contribution in [-0.4, -0.2) is 67.5 Å². The molecule has 1 aliphatic heterocycles. The Hall–Kier alpha value is -3.56. The molecule has 0 spiro atoms. The van der Waals surface area contributed by atoms with E-state index in [1.165, 1.54) is 4.52 Å². The van der Waals surface area contributed by atoms with E-state index in [-0.39, 0.29) is 35.5 Å². The summed E-state index contributed by atoms with van der Waals surface area (Å²) in [6, 6.07) is 5.16.